The average molecular weight is 408 g/mol. The molecule has 0 aliphatic carbocycles. The Hall–Kier alpha value is -3.42. The minimum Gasteiger partial charge on any atom is -0.370 e. The Kier molecular flexibility index (Phi) is 5.92. The maximum Gasteiger partial charge on any atom is 0.231 e. The molecule has 2 N–H and O–H groups in total. The fraction of sp³-hybridized carbons (Fsp3) is 0.318. The summed E-state index contributed by atoms with van der Waals surface area (Å²) >= 11 is 0. The Morgan fingerprint density at radius 1 is 1.10 bits per heavy atom. The van der Waals surface area contributed by atoms with E-state index in [4.69, 9.17) is 10.3 Å². The van der Waals surface area contributed by atoms with Gasteiger partial charge in [0.25, 0.3) is 0 Å². The van der Waals surface area contributed by atoms with Crippen LogP contribution >= 0.6 is 0 Å². The van der Waals surface area contributed by atoms with Crippen LogP contribution in [0.5, 0.6) is 0 Å². The summed E-state index contributed by atoms with van der Waals surface area (Å²) in [5.74, 6) is 1.38. The number of nitrogens with two attached hydrogens (primary N) is 1. The van der Waals surface area contributed by atoms with Crippen LogP contribution in [0.15, 0.2) is 64.1 Å². The smallest absolute Gasteiger partial charge is 0.231 e. The van der Waals surface area contributed by atoms with E-state index < -0.39 is 0 Å². The van der Waals surface area contributed by atoms with Crippen molar-refractivity contribution < 1.29 is 8.91 Å². The van der Waals surface area contributed by atoms with Crippen LogP contribution in [0.25, 0.3) is 11.4 Å². The number of nitrogens with zero attached hydrogens (tertiary/aromatic N) is 5. The molecule has 0 bridgehead atoms. The lowest BCUT2D eigenvalue weighted by Gasteiger charge is -2.36. The minimum atomic E-state index is -0.222. The van der Waals surface area contributed by atoms with Crippen molar-refractivity contribution in [1.29, 1.82) is 0 Å². The lowest BCUT2D eigenvalue weighted by Crippen LogP contribution is -2.51. The molecule has 156 valence electrons. The predicted octanol–water partition coefficient (Wildman–Crippen LogP) is 3.12. The Balaban J connectivity index is 1.31. The van der Waals surface area contributed by atoms with Gasteiger partial charge in [0.15, 0.2) is 5.96 Å². The molecule has 4 rings (SSSR count). The first-order valence-electron chi connectivity index (χ1n) is 10.0. The summed E-state index contributed by atoms with van der Waals surface area (Å²) in [5.41, 5.74) is 8.15. The zero-order valence-electron chi connectivity index (χ0n) is 16.9. The summed E-state index contributed by atoms with van der Waals surface area (Å²) < 4.78 is 18.5. The Morgan fingerprint density at radius 3 is 2.50 bits per heavy atom. The van der Waals surface area contributed by atoms with E-state index in [9.17, 15) is 4.39 Å². The average Bonchev–Trinajstić information content (AvgIpc) is 3.29. The van der Waals surface area contributed by atoms with Crippen molar-refractivity contribution in [1.82, 2.24) is 15.0 Å². The molecular formula is C22H25FN6O. The standard InChI is InChI=1S/C22H25FN6O/c1-16(21-26-20(27-30-21)17-5-3-2-4-6-17)15-25-22(24)29-13-11-28(12-14-29)19-9-7-18(23)8-10-19/h2-10,16H,11-15H2,1H3,(H2,24,25). The highest BCUT2D eigenvalue weighted by molar-refractivity contribution is 5.78. The quantitative estimate of drug-likeness (QED) is 0.516. The second kappa shape index (κ2) is 8.94. The fourth-order valence-corrected chi connectivity index (χ4v) is 3.39. The number of aliphatic imine (C=N–C) groups is 1. The van der Waals surface area contributed by atoms with Gasteiger partial charge in [-0.15, -0.1) is 0 Å². The largest absolute Gasteiger partial charge is 0.370 e. The molecule has 1 aliphatic rings. The highest BCUT2D eigenvalue weighted by Gasteiger charge is 2.20. The van der Waals surface area contributed by atoms with Crippen molar-refractivity contribution in [2.24, 2.45) is 10.7 Å². The number of rotatable bonds is 5. The first-order chi connectivity index (χ1) is 14.6. The molecule has 1 fully saturated rings. The summed E-state index contributed by atoms with van der Waals surface area (Å²) in [6, 6.07) is 16.3. The molecule has 0 spiro atoms. The van der Waals surface area contributed by atoms with E-state index in [1.54, 1.807) is 12.1 Å². The second-order valence-electron chi connectivity index (χ2n) is 7.37. The summed E-state index contributed by atoms with van der Waals surface area (Å²) in [5, 5.41) is 4.06. The van der Waals surface area contributed by atoms with E-state index >= 15 is 0 Å². The molecule has 1 aliphatic heterocycles. The molecule has 0 saturated carbocycles. The maximum absolute atomic E-state index is 13.1. The van der Waals surface area contributed by atoms with Gasteiger partial charge in [-0.1, -0.05) is 42.4 Å². The fourth-order valence-electron chi connectivity index (χ4n) is 3.39. The SMILES string of the molecule is CC(CN=C(N)N1CCN(c2ccc(F)cc2)CC1)c1nc(-c2ccccc2)no1. The van der Waals surface area contributed by atoms with E-state index in [0.29, 0.717) is 24.2 Å². The highest BCUT2D eigenvalue weighted by Crippen LogP contribution is 2.20. The summed E-state index contributed by atoms with van der Waals surface area (Å²) in [6.45, 7) is 5.61. The van der Waals surface area contributed by atoms with Crippen molar-refractivity contribution in [2.75, 3.05) is 37.6 Å². The van der Waals surface area contributed by atoms with Gasteiger partial charge in [-0.3, -0.25) is 4.99 Å². The highest BCUT2D eigenvalue weighted by atomic mass is 19.1. The lowest BCUT2D eigenvalue weighted by molar-refractivity contribution is 0.359. The van der Waals surface area contributed by atoms with E-state index in [-0.39, 0.29) is 11.7 Å². The van der Waals surface area contributed by atoms with E-state index in [0.717, 1.165) is 37.4 Å². The van der Waals surface area contributed by atoms with Gasteiger partial charge >= 0.3 is 0 Å². The number of anilines is 1. The molecule has 2 aromatic carbocycles. The van der Waals surface area contributed by atoms with Crippen LogP contribution in [-0.2, 0) is 0 Å². The third-order valence-electron chi connectivity index (χ3n) is 5.22. The molecule has 1 unspecified atom stereocenters. The third kappa shape index (κ3) is 4.59. The summed E-state index contributed by atoms with van der Waals surface area (Å²) in [4.78, 5) is 13.3. The van der Waals surface area contributed by atoms with Gasteiger partial charge in [0.2, 0.25) is 11.7 Å². The van der Waals surface area contributed by atoms with Crippen LogP contribution in [-0.4, -0.2) is 53.7 Å². The number of halogens is 1. The predicted molar refractivity (Wildman–Crippen MR) is 115 cm³/mol. The van der Waals surface area contributed by atoms with Crippen LogP contribution in [0.2, 0.25) is 0 Å². The van der Waals surface area contributed by atoms with Crippen molar-refractivity contribution in [3.05, 3.63) is 66.3 Å². The Labute approximate surface area is 175 Å². The molecule has 2 heterocycles. The first-order valence-corrected chi connectivity index (χ1v) is 10.0. The second-order valence-corrected chi connectivity index (χ2v) is 7.37. The van der Waals surface area contributed by atoms with Crippen LogP contribution in [0.3, 0.4) is 0 Å². The molecular weight excluding hydrogens is 383 g/mol. The van der Waals surface area contributed by atoms with Gasteiger partial charge in [0.05, 0.1) is 12.5 Å². The minimum absolute atomic E-state index is 0.0333. The molecule has 0 amide bonds. The van der Waals surface area contributed by atoms with Crippen LogP contribution < -0.4 is 10.6 Å². The molecule has 30 heavy (non-hydrogen) atoms. The molecule has 7 nitrogen and oxygen atoms in total. The van der Waals surface area contributed by atoms with Crippen molar-refractivity contribution in [3.8, 4) is 11.4 Å². The number of hydrogen-bond donors (Lipinski definition) is 1. The molecule has 8 heteroatoms. The topological polar surface area (TPSA) is 83.8 Å². The number of benzene rings is 2. The summed E-state index contributed by atoms with van der Waals surface area (Å²) in [7, 11) is 0. The number of guanidine groups is 1. The van der Waals surface area contributed by atoms with Crippen molar-refractivity contribution >= 4 is 11.6 Å². The van der Waals surface area contributed by atoms with Gasteiger partial charge in [-0.2, -0.15) is 4.98 Å². The monoisotopic (exact) mass is 408 g/mol. The van der Waals surface area contributed by atoms with Crippen LogP contribution in [0, 0.1) is 5.82 Å². The number of aromatic nitrogens is 2. The van der Waals surface area contributed by atoms with Gasteiger partial charge in [0.1, 0.15) is 5.82 Å². The Morgan fingerprint density at radius 2 is 1.80 bits per heavy atom. The third-order valence-corrected chi connectivity index (χ3v) is 5.22. The molecule has 3 aromatic rings. The maximum atomic E-state index is 13.1. The zero-order valence-corrected chi connectivity index (χ0v) is 16.9. The summed E-state index contributed by atoms with van der Waals surface area (Å²) in [6.07, 6.45) is 0. The van der Waals surface area contributed by atoms with Gasteiger partial charge in [-0.05, 0) is 24.3 Å². The van der Waals surface area contributed by atoms with E-state index in [2.05, 4.69) is 24.9 Å². The van der Waals surface area contributed by atoms with Crippen LogP contribution in [0.4, 0.5) is 10.1 Å². The lowest BCUT2D eigenvalue weighted by atomic mass is 10.2. The molecule has 0 radical (unpaired) electrons. The normalized spacial score (nSPS) is 16.0. The van der Waals surface area contributed by atoms with E-state index in [1.165, 1.54) is 12.1 Å². The first kappa shape index (κ1) is 19.9. The number of hydrogen-bond acceptors (Lipinski definition) is 5. The molecule has 1 saturated heterocycles. The van der Waals surface area contributed by atoms with Gasteiger partial charge in [0, 0.05) is 37.4 Å². The van der Waals surface area contributed by atoms with Crippen LogP contribution in [0.1, 0.15) is 18.7 Å². The van der Waals surface area contributed by atoms with Gasteiger partial charge < -0.3 is 20.1 Å². The number of piperazine rings is 1. The molecule has 1 atom stereocenters. The van der Waals surface area contributed by atoms with E-state index in [1.807, 2.05) is 37.3 Å². The molecule has 1 aromatic heterocycles. The van der Waals surface area contributed by atoms with Crippen molar-refractivity contribution in [3.63, 3.8) is 0 Å². The van der Waals surface area contributed by atoms with Crippen molar-refractivity contribution in [2.45, 2.75) is 12.8 Å². The zero-order chi connectivity index (χ0) is 20.9. The Bertz CT molecular complexity index is 980. The van der Waals surface area contributed by atoms with Gasteiger partial charge in [-0.25, -0.2) is 4.39 Å².